The molecule has 1 fully saturated rings. The minimum Gasteiger partial charge on any atom is -0.299 e. The highest BCUT2D eigenvalue weighted by Gasteiger charge is 2.47. The summed E-state index contributed by atoms with van der Waals surface area (Å²) >= 11 is 0. The third-order valence-corrected chi connectivity index (χ3v) is 3.51. The second-order valence-electron chi connectivity index (χ2n) is 4.62. The van der Waals surface area contributed by atoms with Crippen LogP contribution in [0.5, 0.6) is 0 Å². The number of aromatic nitrogens is 2. The number of hydrogen-bond donors (Lipinski definition) is 0. The Morgan fingerprint density at radius 2 is 2.27 bits per heavy atom. The highest BCUT2D eigenvalue weighted by molar-refractivity contribution is 5.85. The first kappa shape index (κ1) is 10.4. The van der Waals surface area contributed by atoms with Crippen LogP contribution in [0.1, 0.15) is 38.1 Å². The molecule has 0 atom stereocenters. The van der Waals surface area contributed by atoms with Crippen molar-refractivity contribution >= 4 is 5.78 Å². The zero-order chi connectivity index (χ0) is 11.1. The van der Waals surface area contributed by atoms with Crippen LogP contribution in [0.15, 0.2) is 6.07 Å². The van der Waals surface area contributed by atoms with Gasteiger partial charge in [0, 0.05) is 24.6 Å². The maximum Gasteiger partial charge on any atom is 0.136 e. The maximum absolute atomic E-state index is 11.5. The van der Waals surface area contributed by atoms with E-state index >= 15 is 0 Å². The topological polar surface area (TPSA) is 34.9 Å². The molecule has 0 amide bonds. The van der Waals surface area contributed by atoms with Gasteiger partial charge in [0.2, 0.25) is 0 Å². The van der Waals surface area contributed by atoms with Gasteiger partial charge in [-0.15, -0.1) is 0 Å². The van der Waals surface area contributed by atoms with Gasteiger partial charge < -0.3 is 0 Å². The second kappa shape index (κ2) is 3.47. The molecule has 1 aromatic rings. The van der Waals surface area contributed by atoms with E-state index < -0.39 is 0 Å². The normalized spacial score (nSPS) is 17.8. The Morgan fingerprint density at radius 3 is 2.67 bits per heavy atom. The maximum atomic E-state index is 11.5. The summed E-state index contributed by atoms with van der Waals surface area (Å²) in [5.41, 5.74) is 2.27. The number of ketones is 1. The molecular formula is C12H18N2O. The van der Waals surface area contributed by atoms with E-state index in [1.54, 1.807) is 6.92 Å². The molecule has 15 heavy (non-hydrogen) atoms. The predicted molar refractivity (Wildman–Crippen MR) is 58.6 cm³/mol. The van der Waals surface area contributed by atoms with Crippen molar-refractivity contribution in [3.8, 4) is 0 Å². The number of aryl methyl sites for hydroxylation is 2. The number of nitrogens with zero attached hydrogens (tertiary/aromatic N) is 2. The molecule has 3 heteroatoms. The largest absolute Gasteiger partial charge is 0.299 e. The van der Waals surface area contributed by atoms with Crippen LogP contribution >= 0.6 is 0 Å². The van der Waals surface area contributed by atoms with Crippen molar-refractivity contribution in [3.63, 3.8) is 0 Å². The van der Waals surface area contributed by atoms with E-state index in [1.165, 1.54) is 5.69 Å². The van der Waals surface area contributed by atoms with Crippen molar-refractivity contribution in [2.24, 2.45) is 12.5 Å². The Bertz CT molecular complexity index is 388. The lowest BCUT2D eigenvalue weighted by Gasteiger charge is -2.10. The Kier molecular flexibility index (Phi) is 2.41. The lowest BCUT2D eigenvalue weighted by atomic mass is 9.95. The second-order valence-corrected chi connectivity index (χ2v) is 4.62. The molecule has 0 saturated heterocycles. The summed E-state index contributed by atoms with van der Waals surface area (Å²) in [6.07, 6.45) is 3.93. The van der Waals surface area contributed by atoms with E-state index in [-0.39, 0.29) is 5.41 Å². The minimum atomic E-state index is -0.0429. The van der Waals surface area contributed by atoms with E-state index in [0.717, 1.165) is 31.4 Å². The van der Waals surface area contributed by atoms with E-state index in [4.69, 9.17) is 0 Å². The summed E-state index contributed by atoms with van der Waals surface area (Å²) in [6.45, 7) is 3.81. The van der Waals surface area contributed by atoms with Gasteiger partial charge in [0.15, 0.2) is 0 Å². The molecule has 1 aliphatic rings. The van der Waals surface area contributed by atoms with Gasteiger partial charge in [-0.3, -0.25) is 9.48 Å². The summed E-state index contributed by atoms with van der Waals surface area (Å²) in [5, 5.41) is 4.41. The molecule has 0 radical (unpaired) electrons. The van der Waals surface area contributed by atoms with Crippen LogP contribution in [0, 0.1) is 5.41 Å². The van der Waals surface area contributed by atoms with Crippen molar-refractivity contribution in [2.75, 3.05) is 0 Å². The fourth-order valence-corrected chi connectivity index (χ4v) is 2.06. The Morgan fingerprint density at radius 1 is 1.60 bits per heavy atom. The molecule has 1 aromatic heterocycles. The van der Waals surface area contributed by atoms with Gasteiger partial charge in [-0.05, 0) is 32.3 Å². The Labute approximate surface area is 90.5 Å². The Hall–Kier alpha value is -1.12. The molecule has 3 nitrogen and oxygen atoms in total. The van der Waals surface area contributed by atoms with E-state index in [0.29, 0.717) is 5.78 Å². The summed E-state index contributed by atoms with van der Waals surface area (Å²) < 4.78 is 1.92. The fourth-order valence-electron chi connectivity index (χ4n) is 2.06. The van der Waals surface area contributed by atoms with Gasteiger partial charge in [0.05, 0.1) is 5.69 Å². The van der Waals surface area contributed by atoms with Crippen molar-refractivity contribution < 1.29 is 4.79 Å². The molecule has 0 N–H and O–H groups in total. The first-order valence-corrected chi connectivity index (χ1v) is 5.60. The average Bonchev–Trinajstić information content (AvgIpc) is 2.88. The van der Waals surface area contributed by atoms with E-state index in [1.807, 2.05) is 11.7 Å². The molecule has 1 saturated carbocycles. The van der Waals surface area contributed by atoms with Crippen LogP contribution in [0.25, 0.3) is 0 Å². The smallest absolute Gasteiger partial charge is 0.136 e. The number of rotatable bonds is 4. The molecule has 1 heterocycles. The lowest BCUT2D eigenvalue weighted by molar-refractivity contribution is -0.122. The van der Waals surface area contributed by atoms with Gasteiger partial charge >= 0.3 is 0 Å². The average molecular weight is 206 g/mol. The summed E-state index contributed by atoms with van der Waals surface area (Å²) in [4.78, 5) is 11.5. The van der Waals surface area contributed by atoms with E-state index in [2.05, 4.69) is 18.1 Å². The number of carbonyl (C=O) groups excluding carboxylic acids is 1. The third kappa shape index (κ3) is 1.83. The third-order valence-electron chi connectivity index (χ3n) is 3.51. The number of hydrogen-bond acceptors (Lipinski definition) is 2. The zero-order valence-electron chi connectivity index (χ0n) is 9.71. The van der Waals surface area contributed by atoms with Crippen LogP contribution in [0.4, 0.5) is 0 Å². The van der Waals surface area contributed by atoms with Gasteiger partial charge in [-0.25, -0.2) is 0 Å². The predicted octanol–water partition coefficient (Wildman–Crippen LogP) is 1.89. The molecule has 0 bridgehead atoms. The molecule has 2 rings (SSSR count). The summed E-state index contributed by atoms with van der Waals surface area (Å²) in [5.74, 6) is 0.335. The standard InChI is InChI=1S/C12H18N2O/c1-4-10-7-11(14(3)13-10)8-12(5-6-12)9(2)15/h7H,4-6,8H2,1-3H3. The Balaban J connectivity index is 2.17. The summed E-state index contributed by atoms with van der Waals surface area (Å²) in [6, 6.07) is 2.13. The monoisotopic (exact) mass is 206 g/mol. The van der Waals surface area contributed by atoms with Crippen molar-refractivity contribution in [1.82, 2.24) is 9.78 Å². The molecule has 82 valence electrons. The minimum absolute atomic E-state index is 0.0429. The highest BCUT2D eigenvalue weighted by atomic mass is 16.1. The van der Waals surface area contributed by atoms with Gasteiger partial charge in [-0.1, -0.05) is 6.92 Å². The van der Waals surface area contributed by atoms with Crippen LogP contribution in [0.3, 0.4) is 0 Å². The number of carbonyl (C=O) groups is 1. The van der Waals surface area contributed by atoms with Crippen LogP contribution in [0.2, 0.25) is 0 Å². The van der Waals surface area contributed by atoms with Crippen molar-refractivity contribution in [3.05, 3.63) is 17.5 Å². The molecule has 0 unspecified atom stereocenters. The van der Waals surface area contributed by atoms with Gasteiger partial charge in [0.1, 0.15) is 5.78 Å². The molecule has 0 spiro atoms. The first-order chi connectivity index (χ1) is 7.07. The first-order valence-electron chi connectivity index (χ1n) is 5.60. The molecule has 0 aliphatic heterocycles. The molecule has 1 aliphatic carbocycles. The highest BCUT2D eigenvalue weighted by Crippen LogP contribution is 2.49. The zero-order valence-corrected chi connectivity index (χ0v) is 9.71. The lowest BCUT2D eigenvalue weighted by Crippen LogP contribution is -2.16. The fraction of sp³-hybridized carbons (Fsp3) is 0.667. The number of Topliss-reactive ketones (excluding diaryl/α,β-unsaturated/α-hetero) is 1. The van der Waals surface area contributed by atoms with Crippen molar-refractivity contribution in [1.29, 1.82) is 0 Å². The van der Waals surface area contributed by atoms with Crippen LogP contribution in [-0.2, 0) is 24.7 Å². The molecule has 0 aromatic carbocycles. The van der Waals surface area contributed by atoms with Gasteiger partial charge in [0.25, 0.3) is 0 Å². The van der Waals surface area contributed by atoms with E-state index in [9.17, 15) is 4.79 Å². The quantitative estimate of drug-likeness (QED) is 0.754. The van der Waals surface area contributed by atoms with Crippen molar-refractivity contribution in [2.45, 2.75) is 39.5 Å². The molecular weight excluding hydrogens is 188 g/mol. The van der Waals surface area contributed by atoms with Gasteiger partial charge in [-0.2, -0.15) is 5.10 Å². The van der Waals surface area contributed by atoms with Crippen LogP contribution < -0.4 is 0 Å². The summed E-state index contributed by atoms with van der Waals surface area (Å²) in [7, 11) is 1.96. The van der Waals surface area contributed by atoms with Crippen LogP contribution in [-0.4, -0.2) is 15.6 Å². The SMILES string of the molecule is CCc1cc(CC2(C(C)=O)CC2)n(C)n1.